The van der Waals surface area contributed by atoms with Crippen LogP contribution >= 0.6 is 11.3 Å². The van der Waals surface area contributed by atoms with Crippen LogP contribution in [0.5, 0.6) is 0 Å². The number of aryl methyl sites for hydroxylation is 1. The van der Waals surface area contributed by atoms with Crippen LogP contribution in [0.3, 0.4) is 0 Å². The van der Waals surface area contributed by atoms with Gasteiger partial charge in [-0.15, -0.1) is 15.7 Å². The van der Waals surface area contributed by atoms with Gasteiger partial charge in [0.05, 0.1) is 11.5 Å². The summed E-state index contributed by atoms with van der Waals surface area (Å²) in [4.78, 5) is 12.8. The van der Waals surface area contributed by atoms with Crippen molar-refractivity contribution >= 4 is 27.3 Å². The second-order valence-corrected chi connectivity index (χ2v) is 9.12. The van der Waals surface area contributed by atoms with E-state index in [2.05, 4.69) is 9.71 Å². The molecule has 1 N–H and O–H groups in total. The third-order valence-electron chi connectivity index (χ3n) is 4.31. The molecule has 0 atom stereocenters. The summed E-state index contributed by atoms with van der Waals surface area (Å²) >= 11 is 1.24. The van der Waals surface area contributed by atoms with Crippen LogP contribution in [0.4, 0.5) is 0 Å². The smallest absolute Gasteiger partial charge is 0.285 e. The zero-order valence-electron chi connectivity index (χ0n) is 16.7. The van der Waals surface area contributed by atoms with E-state index in [1.165, 1.54) is 11.3 Å². The lowest BCUT2D eigenvalue weighted by Crippen LogP contribution is -2.27. The molecule has 0 aliphatic rings. The second-order valence-electron chi connectivity index (χ2n) is 6.64. The van der Waals surface area contributed by atoms with Crippen molar-refractivity contribution in [3.63, 3.8) is 0 Å². The van der Waals surface area contributed by atoms with Gasteiger partial charge in [0.1, 0.15) is 0 Å². The first-order valence-electron chi connectivity index (χ1n) is 9.27. The molecule has 30 heavy (non-hydrogen) atoms. The van der Waals surface area contributed by atoms with Gasteiger partial charge in [0.25, 0.3) is 15.9 Å². The number of benzene rings is 2. The summed E-state index contributed by atoms with van der Waals surface area (Å²) in [5.41, 5.74) is 2.37. The van der Waals surface area contributed by atoms with E-state index in [4.69, 9.17) is 4.74 Å². The van der Waals surface area contributed by atoms with Crippen molar-refractivity contribution in [3.05, 3.63) is 81.6 Å². The summed E-state index contributed by atoms with van der Waals surface area (Å²) in [5, 5.41) is 4.57. The highest BCUT2D eigenvalue weighted by Gasteiger charge is 2.13. The standard InChI is InChI=1S/C21H23N3O4S2/c1-16-6-8-19(9-7-16)30(26,27)23-21-24(11-13-29-21)15-17-4-3-5-18(14-17)20(25)22-10-12-28-2/h3-9,11,13-14H,10,12,15H2,1-2H3,(H,22,25)/b23-21-. The molecule has 0 fully saturated rings. The Morgan fingerprint density at radius 2 is 1.97 bits per heavy atom. The van der Waals surface area contributed by atoms with Gasteiger partial charge in [0.2, 0.25) is 4.80 Å². The monoisotopic (exact) mass is 445 g/mol. The fourth-order valence-electron chi connectivity index (χ4n) is 2.73. The van der Waals surface area contributed by atoms with Crippen LogP contribution in [-0.4, -0.2) is 39.2 Å². The van der Waals surface area contributed by atoms with Gasteiger partial charge >= 0.3 is 0 Å². The van der Waals surface area contributed by atoms with Gasteiger partial charge in [0.15, 0.2) is 0 Å². The fourth-order valence-corrected chi connectivity index (χ4v) is 4.69. The van der Waals surface area contributed by atoms with Crippen LogP contribution < -0.4 is 10.1 Å². The largest absolute Gasteiger partial charge is 0.383 e. The van der Waals surface area contributed by atoms with Gasteiger partial charge in [-0.25, -0.2) is 0 Å². The van der Waals surface area contributed by atoms with E-state index in [0.717, 1.165) is 11.1 Å². The molecular weight excluding hydrogens is 422 g/mol. The van der Waals surface area contributed by atoms with Crippen LogP contribution in [0.15, 0.2) is 69.4 Å². The summed E-state index contributed by atoms with van der Waals surface area (Å²) in [6, 6.07) is 13.8. The van der Waals surface area contributed by atoms with E-state index in [9.17, 15) is 13.2 Å². The molecule has 0 saturated carbocycles. The first-order chi connectivity index (χ1) is 14.4. The van der Waals surface area contributed by atoms with E-state index in [1.807, 2.05) is 13.0 Å². The van der Waals surface area contributed by atoms with Crippen LogP contribution in [0.25, 0.3) is 0 Å². The number of hydrogen-bond donors (Lipinski definition) is 1. The minimum Gasteiger partial charge on any atom is -0.383 e. The van der Waals surface area contributed by atoms with Gasteiger partial charge < -0.3 is 14.6 Å². The lowest BCUT2D eigenvalue weighted by atomic mass is 10.1. The van der Waals surface area contributed by atoms with E-state index in [0.29, 0.717) is 30.1 Å². The SMILES string of the molecule is COCCNC(=O)c1cccc(Cn2ccs/c2=N\S(=O)(=O)c2ccc(C)cc2)c1. The molecule has 0 bridgehead atoms. The van der Waals surface area contributed by atoms with E-state index in [1.54, 1.807) is 65.7 Å². The Hall–Kier alpha value is -2.75. The number of carbonyl (C=O) groups is 1. The Labute approximate surface area is 179 Å². The number of sulfonamides is 1. The average molecular weight is 446 g/mol. The van der Waals surface area contributed by atoms with Gasteiger partial charge in [0, 0.05) is 37.3 Å². The number of thiazole rings is 1. The predicted molar refractivity (Wildman–Crippen MR) is 116 cm³/mol. The summed E-state index contributed by atoms with van der Waals surface area (Å²) in [5.74, 6) is -0.184. The van der Waals surface area contributed by atoms with Gasteiger partial charge in [-0.2, -0.15) is 8.42 Å². The number of nitrogens with one attached hydrogen (secondary N) is 1. The Balaban J connectivity index is 1.82. The number of ether oxygens (including phenoxy) is 1. The van der Waals surface area contributed by atoms with Crippen molar-refractivity contribution < 1.29 is 17.9 Å². The number of hydrogen-bond acceptors (Lipinski definition) is 5. The van der Waals surface area contributed by atoms with Crippen molar-refractivity contribution in [2.24, 2.45) is 4.40 Å². The number of carbonyl (C=O) groups excluding carboxylic acids is 1. The van der Waals surface area contributed by atoms with E-state index >= 15 is 0 Å². The van der Waals surface area contributed by atoms with E-state index in [-0.39, 0.29) is 10.8 Å². The highest BCUT2D eigenvalue weighted by atomic mass is 32.2. The van der Waals surface area contributed by atoms with Crippen molar-refractivity contribution in [1.82, 2.24) is 9.88 Å². The summed E-state index contributed by atoms with van der Waals surface area (Å²) in [6.07, 6.45) is 1.78. The molecule has 0 saturated heterocycles. The number of rotatable bonds is 8. The molecule has 9 heteroatoms. The molecule has 0 spiro atoms. The van der Waals surface area contributed by atoms with Crippen LogP contribution in [-0.2, 0) is 21.3 Å². The molecule has 0 radical (unpaired) electrons. The van der Waals surface area contributed by atoms with E-state index < -0.39 is 10.0 Å². The zero-order valence-corrected chi connectivity index (χ0v) is 18.4. The van der Waals surface area contributed by atoms with Crippen LogP contribution in [0.1, 0.15) is 21.5 Å². The maximum atomic E-state index is 12.6. The molecule has 0 unspecified atom stereocenters. The minimum absolute atomic E-state index is 0.155. The number of methoxy groups -OCH3 is 1. The molecular formula is C21H23N3O4S2. The second kappa shape index (κ2) is 9.84. The highest BCUT2D eigenvalue weighted by Crippen LogP contribution is 2.13. The first kappa shape index (κ1) is 21.9. The molecule has 1 aromatic heterocycles. The zero-order chi connectivity index (χ0) is 21.6. The summed E-state index contributed by atoms with van der Waals surface area (Å²) in [7, 11) is -2.23. The fraction of sp³-hybridized carbons (Fsp3) is 0.238. The Morgan fingerprint density at radius 1 is 1.20 bits per heavy atom. The Morgan fingerprint density at radius 3 is 2.70 bits per heavy atom. The topological polar surface area (TPSA) is 89.8 Å². The lowest BCUT2D eigenvalue weighted by Gasteiger charge is -2.08. The van der Waals surface area contributed by atoms with Crippen molar-refractivity contribution in [2.45, 2.75) is 18.4 Å². The quantitative estimate of drug-likeness (QED) is 0.540. The summed E-state index contributed by atoms with van der Waals surface area (Å²) in [6.45, 7) is 3.16. The third-order valence-corrected chi connectivity index (χ3v) is 6.50. The minimum atomic E-state index is -3.81. The highest BCUT2D eigenvalue weighted by molar-refractivity contribution is 7.90. The molecule has 1 amide bonds. The van der Waals surface area contributed by atoms with Crippen molar-refractivity contribution in [3.8, 4) is 0 Å². The third kappa shape index (κ3) is 5.65. The molecule has 0 aliphatic carbocycles. The lowest BCUT2D eigenvalue weighted by molar-refractivity contribution is 0.0937. The maximum Gasteiger partial charge on any atom is 0.285 e. The Kier molecular flexibility index (Phi) is 7.20. The van der Waals surface area contributed by atoms with Crippen LogP contribution in [0.2, 0.25) is 0 Å². The number of nitrogens with zero attached hydrogens (tertiary/aromatic N) is 2. The Bertz CT molecular complexity index is 1180. The molecule has 7 nitrogen and oxygen atoms in total. The van der Waals surface area contributed by atoms with Crippen molar-refractivity contribution in [2.75, 3.05) is 20.3 Å². The maximum absolute atomic E-state index is 12.6. The molecule has 3 rings (SSSR count). The summed E-state index contributed by atoms with van der Waals surface area (Å²) < 4.78 is 36.0. The average Bonchev–Trinajstić information content (AvgIpc) is 3.14. The van der Waals surface area contributed by atoms with Gasteiger partial charge in [-0.1, -0.05) is 29.8 Å². The molecule has 158 valence electrons. The molecule has 3 aromatic rings. The number of aromatic nitrogens is 1. The first-order valence-corrected chi connectivity index (χ1v) is 11.6. The molecule has 1 heterocycles. The molecule has 2 aromatic carbocycles. The number of amides is 1. The van der Waals surface area contributed by atoms with Crippen molar-refractivity contribution in [1.29, 1.82) is 0 Å². The van der Waals surface area contributed by atoms with Gasteiger partial charge in [-0.05, 0) is 36.8 Å². The van der Waals surface area contributed by atoms with Crippen LogP contribution in [0, 0.1) is 6.92 Å². The predicted octanol–water partition coefficient (Wildman–Crippen LogP) is 2.57. The van der Waals surface area contributed by atoms with Gasteiger partial charge in [-0.3, -0.25) is 4.79 Å². The molecule has 0 aliphatic heterocycles. The normalized spacial score (nSPS) is 12.1.